The second-order valence-corrected chi connectivity index (χ2v) is 3.35. The van der Waals surface area contributed by atoms with E-state index in [9.17, 15) is 13.2 Å². The zero-order valence-electron chi connectivity index (χ0n) is 8.33. The molecule has 0 spiro atoms. The average molecular weight is 235 g/mol. The predicted octanol–water partition coefficient (Wildman–Crippen LogP) is 1.25. The minimum Gasteiger partial charge on any atom is -0.508 e. The summed E-state index contributed by atoms with van der Waals surface area (Å²) in [5, 5.41) is 20.4. The number of aromatic hydroxyl groups is 1. The fourth-order valence-electron chi connectivity index (χ4n) is 1.19. The molecule has 0 saturated carbocycles. The molecule has 1 unspecified atom stereocenters. The Kier molecular flexibility index (Phi) is 4.57. The summed E-state index contributed by atoms with van der Waals surface area (Å²) in [5.74, 6) is -0.836. The summed E-state index contributed by atoms with van der Waals surface area (Å²) in [6, 6.07) is 3.42. The number of hydrogen-bond donors (Lipinski definition) is 3. The van der Waals surface area contributed by atoms with E-state index >= 15 is 0 Å². The van der Waals surface area contributed by atoms with Gasteiger partial charge in [0.15, 0.2) is 0 Å². The number of phenolic OH excluding ortho intramolecular Hbond substituents is 1. The average Bonchev–Trinajstić information content (AvgIpc) is 2.15. The van der Waals surface area contributed by atoms with Gasteiger partial charge in [0.25, 0.3) is 6.43 Å². The third kappa shape index (κ3) is 4.08. The molecule has 0 radical (unpaired) electrons. The highest BCUT2D eigenvalue weighted by molar-refractivity contribution is 5.28. The Morgan fingerprint density at radius 3 is 2.50 bits per heavy atom. The van der Waals surface area contributed by atoms with Crippen LogP contribution in [0.5, 0.6) is 5.75 Å². The van der Waals surface area contributed by atoms with Gasteiger partial charge >= 0.3 is 0 Å². The van der Waals surface area contributed by atoms with Gasteiger partial charge in [0.1, 0.15) is 17.7 Å². The summed E-state index contributed by atoms with van der Waals surface area (Å²) < 4.78 is 36.6. The molecule has 3 nitrogen and oxygen atoms in total. The zero-order valence-corrected chi connectivity index (χ0v) is 8.33. The Labute approximate surface area is 90.5 Å². The standard InChI is InChI=1S/C10H12F3NO2/c11-7-1-6(2-8(15)3-7)4-14-5-9(16)10(12)13/h1-3,9-10,14-16H,4-5H2. The van der Waals surface area contributed by atoms with Crippen LogP contribution in [0.1, 0.15) is 5.56 Å². The van der Waals surface area contributed by atoms with Crippen LogP contribution >= 0.6 is 0 Å². The van der Waals surface area contributed by atoms with Gasteiger partial charge in [-0.25, -0.2) is 13.2 Å². The molecule has 0 aromatic heterocycles. The molecule has 1 rings (SSSR count). The molecule has 0 amide bonds. The van der Waals surface area contributed by atoms with E-state index in [-0.39, 0.29) is 18.8 Å². The van der Waals surface area contributed by atoms with E-state index in [1.807, 2.05) is 0 Å². The summed E-state index contributed by atoms with van der Waals surface area (Å²) in [6.07, 6.45) is -4.56. The Morgan fingerprint density at radius 2 is 1.94 bits per heavy atom. The highest BCUT2D eigenvalue weighted by Crippen LogP contribution is 2.14. The van der Waals surface area contributed by atoms with E-state index in [1.54, 1.807) is 0 Å². The lowest BCUT2D eigenvalue weighted by Gasteiger charge is -2.10. The van der Waals surface area contributed by atoms with Crippen molar-refractivity contribution in [1.82, 2.24) is 5.32 Å². The first kappa shape index (κ1) is 12.8. The predicted molar refractivity (Wildman–Crippen MR) is 51.8 cm³/mol. The summed E-state index contributed by atoms with van der Waals surface area (Å²) in [7, 11) is 0. The van der Waals surface area contributed by atoms with Gasteiger partial charge in [-0.1, -0.05) is 0 Å². The molecule has 0 heterocycles. The Bertz CT molecular complexity index is 327. The van der Waals surface area contributed by atoms with Crippen molar-refractivity contribution in [2.75, 3.05) is 6.54 Å². The molecule has 0 fully saturated rings. The molecule has 0 saturated heterocycles. The molecule has 90 valence electrons. The molecule has 3 N–H and O–H groups in total. The second-order valence-electron chi connectivity index (χ2n) is 3.35. The molecule has 0 bridgehead atoms. The van der Waals surface area contributed by atoms with E-state index < -0.39 is 18.3 Å². The highest BCUT2D eigenvalue weighted by atomic mass is 19.3. The number of alkyl halides is 2. The lowest BCUT2D eigenvalue weighted by Crippen LogP contribution is -2.31. The van der Waals surface area contributed by atoms with Gasteiger partial charge in [-0.3, -0.25) is 0 Å². The Hall–Kier alpha value is -1.27. The molecule has 6 heteroatoms. The number of rotatable bonds is 5. The fraction of sp³-hybridized carbons (Fsp3) is 0.400. The van der Waals surface area contributed by atoms with Gasteiger partial charge in [-0.15, -0.1) is 0 Å². The SMILES string of the molecule is Oc1cc(F)cc(CNCC(O)C(F)F)c1. The maximum absolute atomic E-state index is 12.8. The third-order valence-corrected chi connectivity index (χ3v) is 1.92. The van der Waals surface area contributed by atoms with Gasteiger partial charge in [0.2, 0.25) is 0 Å². The lowest BCUT2D eigenvalue weighted by molar-refractivity contribution is -0.00341. The Balaban J connectivity index is 2.43. The van der Waals surface area contributed by atoms with Gasteiger partial charge in [-0.2, -0.15) is 0 Å². The molecule has 1 atom stereocenters. The minimum absolute atomic E-state index is 0.0924. The number of nitrogens with one attached hydrogen (secondary N) is 1. The van der Waals surface area contributed by atoms with Crippen LogP contribution in [0.4, 0.5) is 13.2 Å². The lowest BCUT2D eigenvalue weighted by atomic mass is 10.2. The largest absolute Gasteiger partial charge is 0.508 e. The summed E-state index contributed by atoms with van der Waals surface area (Å²) in [4.78, 5) is 0. The van der Waals surface area contributed by atoms with Crippen molar-refractivity contribution in [2.24, 2.45) is 0 Å². The van der Waals surface area contributed by atoms with E-state index in [4.69, 9.17) is 10.2 Å². The van der Waals surface area contributed by atoms with Gasteiger partial charge < -0.3 is 15.5 Å². The van der Waals surface area contributed by atoms with Crippen LogP contribution < -0.4 is 5.32 Å². The maximum atomic E-state index is 12.8. The summed E-state index contributed by atoms with van der Waals surface area (Å²) in [5.41, 5.74) is 0.416. The molecule has 0 aliphatic carbocycles. The van der Waals surface area contributed by atoms with Gasteiger partial charge in [0, 0.05) is 19.2 Å². The fourth-order valence-corrected chi connectivity index (χ4v) is 1.19. The van der Waals surface area contributed by atoms with E-state index in [1.165, 1.54) is 12.1 Å². The molecule has 16 heavy (non-hydrogen) atoms. The topological polar surface area (TPSA) is 52.5 Å². The Morgan fingerprint density at radius 1 is 1.25 bits per heavy atom. The monoisotopic (exact) mass is 235 g/mol. The van der Waals surface area contributed by atoms with Crippen LogP contribution in [0, 0.1) is 5.82 Å². The minimum atomic E-state index is -2.81. The second kappa shape index (κ2) is 5.72. The normalized spacial score (nSPS) is 13.1. The van der Waals surface area contributed by atoms with E-state index in [2.05, 4.69) is 5.32 Å². The zero-order chi connectivity index (χ0) is 12.1. The van der Waals surface area contributed by atoms with Gasteiger partial charge in [0.05, 0.1) is 0 Å². The highest BCUT2D eigenvalue weighted by Gasteiger charge is 2.15. The van der Waals surface area contributed by atoms with Crippen LogP contribution in [0.2, 0.25) is 0 Å². The number of hydrogen-bond acceptors (Lipinski definition) is 3. The maximum Gasteiger partial charge on any atom is 0.265 e. The van der Waals surface area contributed by atoms with Crippen molar-refractivity contribution < 1.29 is 23.4 Å². The van der Waals surface area contributed by atoms with E-state index in [0.29, 0.717) is 5.56 Å². The third-order valence-electron chi connectivity index (χ3n) is 1.92. The first-order chi connectivity index (χ1) is 7.49. The van der Waals surface area contributed by atoms with Crippen LogP contribution in [0.15, 0.2) is 18.2 Å². The van der Waals surface area contributed by atoms with Crippen molar-refractivity contribution in [3.63, 3.8) is 0 Å². The summed E-state index contributed by atoms with van der Waals surface area (Å²) >= 11 is 0. The quantitative estimate of drug-likeness (QED) is 0.719. The summed E-state index contributed by atoms with van der Waals surface area (Å²) in [6.45, 7) is -0.204. The number of aliphatic hydroxyl groups excluding tert-OH is 1. The van der Waals surface area contributed by atoms with Crippen molar-refractivity contribution >= 4 is 0 Å². The molecule has 0 aliphatic heterocycles. The van der Waals surface area contributed by atoms with Gasteiger partial charge in [-0.05, 0) is 17.7 Å². The number of aliphatic hydroxyl groups is 1. The van der Waals surface area contributed by atoms with Crippen LogP contribution in [0.25, 0.3) is 0 Å². The smallest absolute Gasteiger partial charge is 0.265 e. The van der Waals surface area contributed by atoms with Crippen molar-refractivity contribution in [2.45, 2.75) is 19.1 Å². The van der Waals surface area contributed by atoms with Crippen LogP contribution in [-0.2, 0) is 6.54 Å². The first-order valence-corrected chi connectivity index (χ1v) is 4.64. The number of halogens is 3. The number of benzene rings is 1. The molecule has 1 aromatic carbocycles. The van der Waals surface area contributed by atoms with Crippen LogP contribution in [-0.4, -0.2) is 29.3 Å². The van der Waals surface area contributed by atoms with Crippen molar-refractivity contribution in [3.8, 4) is 5.75 Å². The van der Waals surface area contributed by atoms with Crippen LogP contribution in [0.3, 0.4) is 0 Å². The molecule has 0 aliphatic rings. The molecule has 1 aromatic rings. The molecular formula is C10H12F3NO2. The first-order valence-electron chi connectivity index (χ1n) is 4.64. The molecular weight excluding hydrogens is 223 g/mol. The number of phenols is 1. The van der Waals surface area contributed by atoms with E-state index in [0.717, 1.165) is 6.07 Å². The van der Waals surface area contributed by atoms with Crippen molar-refractivity contribution in [3.05, 3.63) is 29.6 Å². The van der Waals surface area contributed by atoms with Crippen molar-refractivity contribution in [1.29, 1.82) is 0 Å².